The number of aryl methyl sites for hydroxylation is 1. The highest BCUT2D eigenvalue weighted by atomic mass is 79.9. The van der Waals surface area contributed by atoms with Crippen molar-refractivity contribution in [2.75, 3.05) is 0 Å². The van der Waals surface area contributed by atoms with Gasteiger partial charge in [0.05, 0.1) is 0 Å². The quantitative estimate of drug-likeness (QED) is 0.748. The first-order chi connectivity index (χ1) is 8.70. The van der Waals surface area contributed by atoms with E-state index in [2.05, 4.69) is 15.9 Å². The molecule has 2 heterocycles. The van der Waals surface area contributed by atoms with Crippen molar-refractivity contribution in [1.82, 2.24) is 9.13 Å². The summed E-state index contributed by atoms with van der Waals surface area (Å²) in [5, 5.41) is 0.689. The third-order valence-corrected chi connectivity index (χ3v) is 3.20. The van der Waals surface area contributed by atoms with Crippen LogP contribution in [0.2, 0.25) is 0 Å². The Morgan fingerprint density at radius 1 is 1.37 bits per heavy atom. The van der Waals surface area contributed by atoms with Gasteiger partial charge in [-0.1, -0.05) is 0 Å². The predicted molar refractivity (Wildman–Crippen MR) is 76.5 cm³/mol. The lowest BCUT2D eigenvalue weighted by Gasteiger charge is -2.19. The Labute approximate surface area is 118 Å². The molecule has 0 saturated carbocycles. The smallest absolute Gasteiger partial charge is 0.419 e. The molecular weight excluding hydrogens is 312 g/mol. The van der Waals surface area contributed by atoms with Gasteiger partial charge in [0.15, 0.2) is 0 Å². The molecule has 0 saturated heterocycles. The van der Waals surface area contributed by atoms with Crippen LogP contribution in [-0.4, -0.2) is 20.8 Å². The second kappa shape index (κ2) is 4.52. The summed E-state index contributed by atoms with van der Waals surface area (Å²) in [6.45, 7) is 5.35. The van der Waals surface area contributed by atoms with Crippen molar-refractivity contribution in [1.29, 1.82) is 0 Å². The van der Waals surface area contributed by atoms with Crippen LogP contribution in [0, 0.1) is 0 Å². The van der Waals surface area contributed by atoms with E-state index in [0.717, 1.165) is 4.47 Å². The SMILES string of the molecule is Cn1cc(Br)c2ccn(C(=O)OC(C)(C)C)c2c1=O. The Morgan fingerprint density at radius 2 is 2.00 bits per heavy atom. The van der Waals surface area contributed by atoms with E-state index in [9.17, 15) is 9.59 Å². The number of halogens is 1. The minimum Gasteiger partial charge on any atom is -0.443 e. The number of hydrogen-bond acceptors (Lipinski definition) is 3. The number of hydrogen-bond donors (Lipinski definition) is 0. The highest BCUT2D eigenvalue weighted by molar-refractivity contribution is 9.10. The zero-order valence-electron chi connectivity index (χ0n) is 11.2. The van der Waals surface area contributed by atoms with Crippen LogP contribution in [0.4, 0.5) is 4.79 Å². The lowest BCUT2D eigenvalue weighted by atomic mass is 10.2. The highest BCUT2D eigenvalue weighted by Gasteiger charge is 2.21. The Bertz CT molecular complexity index is 707. The number of ether oxygens (including phenoxy) is 1. The molecule has 0 atom stereocenters. The summed E-state index contributed by atoms with van der Waals surface area (Å²) in [5.74, 6) is 0. The summed E-state index contributed by atoms with van der Waals surface area (Å²) in [7, 11) is 1.64. The summed E-state index contributed by atoms with van der Waals surface area (Å²) in [6, 6.07) is 1.71. The van der Waals surface area contributed by atoms with Crippen LogP contribution in [-0.2, 0) is 11.8 Å². The van der Waals surface area contributed by atoms with Crippen LogP contribution < -0.4 is 5.56 Å². The predicted octanol–water partition coefficient (Wildman–Crippen LogP) is 2.89. The summed E-state index contributed by atoms with van der Waals surface area (Å²) in [6.07, 6.45) is 2.66. The molecule has 0 aromatic carbocycles. The van der Waals surface area contributed by atoms with Gasteiger partial charge in [-0.3, -0.25) is 4.79 Å². The van der Waals surface area contributed by atoms with Crippen molar-refractivity contribution in [3.8, 4) is 0 Å². The Kier molecular flexibility index (Phi) is 3.30. The number of pyridine rings is 1. The normalized spacial score (nSPS) is 11.8. The number of carbonyl (C=O) groups is 1. The van der Waals surface area contributed by atoms with E-state index in [0.29, 0.717) is 10.9 Å². The van der Waals surface area contributed by atoms with Gasteiger partial charge in [0.2, 0.25) is 0 Å². The van der Waals surface area contributed by atoms with E-state index in [1.54, 1.807) is 46.3 Å². The van der Waals surface area contributed by atoms with Crippen LogP contribution in [0.15, 0.2) is 27.7 Å². The maximum absolute atomic E-state index is 12.1. The zero-order chi connectivity index (χ0) is 14.4. The molecule has 6 heteroatoms. The van der Waals surface area contributed by atoms with Gasteiger partial charge in [-0.25, -0.2) is 9.36 Å². The molecule has 2 aromatic rings. The third-order valence-electron chi connectivity index (χ3n) is 2.56. The van der Waals surface area contributed by atoms with Crippen LogP contribution in [0.25, 0.3) is 10.9 Å². The van der Waals surface area contributed by atoms with Gasteiger partial charge in [0, 0.05) is 29.3 Å². The van der Waals surface area contributed by atoms with Gasteiger partial charge < -0.3 is 9.30 Å². The Hall–Kier alpha value is -1.56. The van der Waals surface area contributed by atoms with Crippen molar-refractivity contribution in [2.24, 2.45) is 7.05 Å². The molecule has 0 aliphatic rings. The van der Waals surface area contributed by atoms with Gasteiger partial charge in [-0.15, -0.1) is 0 Å². The van der Waals surface area contributed by atoms with Crippen LogP contribution in [0.1, 0.15) is 20.8 Å². The molecule has 0 radical (unpaired) electrons. The molecule has 0 bridgehead atoms. The maximum Gasteiger partial charge on any atom is 0.419 e. The van der Waals surface area contributed by atoms with E-state index >= 15 is 0 Å². The van der Waals surface area contributed by atoms with Crippen molar-refractivity contribution < 1.29 is 9.53 Å². The van der Waals surface area contributed by atoms with E-state index in [1.807, 2.05) is 0 Å². The van der Waals surface area contributed by atoms with Crippen molar-refractivity contribution in [3.05, 3.63) is 33.3 Å². The third kappa shape index (κ3) is 2.58. The molecular formula is C13H15BrN2O3. The fourth-order valence-corrected chi connectivity index (χ4v) is 2.40. The van der Waals surface area contributed by atoms with Crippen LogP contribution in [0.5, 0.6) is 0 Å². The fourth-order valence-electron chi connectivity index (χ4n) is 1.77. The molecule has 0 spiro atoms. The van der Waals surface area contributed by atoms with E-state index in [1.165, 1.54) is 9.13 Å². The summed E-state index contributed by atoms with van der Waals surface area (Å²) in [5.41, 5.74) is -0.537. The second-order valence-electron chi connectivity index (χ2n) is 5.32. The summed E-state index contributed by atoms with van der Waals surface area (Å²) >= 11 is 3.38. The van der Waals surface area contributed by atoms with E-state index in [-0.39, 0.29) is 5.56 Å². The number of aromatic nitrogens is 2. The molecule has 0 unspecified atom stereocenters. The average molecular weight is 327 g/mol. The average Bonchev–Trinajstić information content (AvgIpc) is 2.68. The fraction of sp³-hybridized carbons (Fsp3) is 0.385. The minimum absolute atomic E-state index is 0.242. The first kappa shape index (κ1) is 13.9. The first-order valence-corrected chi connectivity index (χ1v) is 6.59. The Morgan fingerprint density at radius 3 is 2.58 bits per heavy atom. The Balaban J connectivity index is 2.64. The molecule has 0 aliphatic carbocycles. The van der Waals surface area contributed by atoms with Gasteiger partial charge in [-0.05, 0) is 42.8 Å². The molecule has 5 nitrogen and oxygen atoms in total. The van der Waals surface area contributed by atoms with Crippen molar-refractivity contribution in [2.45, 2.75) is 26.4 Å². The van der Waals surface area contributed by atoms with Crippen LogP contribution in [0.3, 0.4) is 0 Å². The summed E-state index contributed by atoms with van der Waals surface area (Å²) < 4.78 is 8.71. The molecule has 0 fully saturated rings. The topological polar surface area (TPSA) is 53.2 Å². The number of fused-ring (bicyclic) bond motifs is 1. The van der Waals surface area contributed by atoms with Gasteiger partial charge in [0.1, 0.15) is 11.1 Å². The van der Waals surface area contributed by atoms with E-state index in [4.69, 9.17) is 4.74 Å². The van der Waals surface area contributed by atoms with Crippen LogP contribution >= 0.6 is 15.9 Å². The van der Waals surface area contributed by atoms with Crippen molar-refractivity contribution >= 4 is 32.9 Å². The summed E-state index contributed by atoms with van der Waals surface area (Å²) in [4.78, 5) is 24.2. The number of carbonyl (C=O) groups excluding carboxylic acids is 1. The van der Waals surface area contributed by atoms with Gasteiger partial charge >= 0.3 is 6.09 Å². The van der Waals surface area contributed by atoms with E-state index < -0.39 is 11.7 Å². The van der Waals surface area contributed by atoms with Gasteiger partial charge in [0.25, 0.3) is 5.56 Å². The molecule has 2 aromatic heterocycles. The van der Waals surface area contributed by atoms with Gasteiger partial charge in [-0.2, -0.15) is 0 Å². The molecule has 19 heavy (non-hydrogen) atoms. The highest BCUT2D eigenvalue weighted by Crippen LogP contribution is 2.22. The standard InChI is InChI=1S/C13H15BrN2O3/c1-13(2,3)19-12(18)16-6-5-8-9(14)7-15(4)11(17)10(8)16/h5-7H,1-4H3. The largest absolute Gasteiger partial charge is 0.443 e. The second-order valence-corrected chi connectivity index (χ2v) is 6.18. The lowest BCUT2D eigenvalue weighted by Crippen LogP contribution is -2.29. The molecule has 0 N–H and O–H groups in total. The lowest BCUT2D eigenvalue weighted by molar-refractivity contribution is 0.0544. The molecule has 0 amide bonds. The first-order valence-electron chi connectivity index (χ1n) is 5.80. The zero-order valence-corrected chi connectivity index (χ0v) is 12.8. The number of nitrogens with zero attached hydrogens (tertiary/aromatic N) is 2. The minimum atomic E-state index is -0.606. The molecule has 0 aliphatic heterocycles. The number of rotatable bonds is 0. The maximum atomic E-state index is 12.1. The monoisotopic (exact) mass is 326 g/mol. The van der Waals surface area contributed by atoms with Crippen molar-refractivity contribution in [3.63, 3.8) is 0 Å². The molecule has 102 valence electrons. The molecule has 2 rings (SSSR count).